The molecule has 2 amide bonds. The Bertz CT molecular complexity index is 493. The van der Waals surface area contributed by atoms with Gasteiger partial charge in [-0.25, -0.2) is 9.59 Å². The van der Waals surface area contributed by atoms with Crippen molar-refractivity contribution in [3.63, 3.8) is 0 Å². The molecule has 1 heterocycles. The van der Waals surface area contributed by atoms with Crippen LogP contribution in [0.5, 0.6) is 0 Å². The Morgan fingerprint density at radius 1 is 1.24 bits per heavy atom. The van der Waals surface area contributed by atoms with Gasteiger partial charge in [-0.15, -0.1) is 0 Å². The van der Waals surface area contributed by atoms with Gasteiger partial charge in [-0.1, -0.05) is 30.3 Å². The van der Waals surface area contributed by atoms with Crippen LogP contribution in [0.25, 0.3) is 0 Å². The highest BCUT2D eigenvalue weighted by Gasteiger charge is 2.32. The first-order valence-electron chi connectivity index (χ1n) is 6.68. The van der Waals surface area contributed by atoms with Gasteiger partial charge in [-0.3, -0.25) is 4.90 Å². The second-order valence-electron chi connectivity index (χ2n) is 4.80. The second-order valence-corrected chi connectivity index (χ2v) is 4.80. The number of nitrogens with zero attached hydrogens (tertiary/aromatic N) is 2. The summed E-state index contributed by atoms with van der Waals surface area (Å²) in [6, 6.07) is 8.70. The summed E-state index contributed by atoms with van der Waals surface area (Å²) < 4.78 is 5.21. The molecule has 0 unspecified atom stereocenters. The lowest BCUT2D eigenvalue weighted by atomic mass is 10.2. The highest BCUT2D eigenvalue weighted by Crippen LogP contribution is 2.12. The molecule has 1 aromatic rings. The van der Waals surface area contributed by atoms with E-state index >= 15 is 0 Å². The zero-order valence-electron chi connectivity index (χ0n) is 11.5. The molecule has 2 rings (SSSR count). The number of benzene rings is 1. The van der Waals surface area contributed by atoms with Crippen LogP contribution in [-0.4, -0.2) is 64.5 Å². The molecule has 0 saturated carbocycles. The van der Waals surface area contributed by atoms with Crippen molar-refractivity contribution in [1.82, 2.24) is 9.80 Å². The molecule has 0 aromatic heterocycles. The van der Waals surface area contributed by atoms with E-state index in [0.29, 0.717) is 0 Å². The van der Waals surface area contributed by atoms with Crippen molar-refractivity contribution in [2.24, 2.45) is 0 Å². The average molecular weight is 294 g/mol. The van der Waals surface area contributed by atoms with Gasteiger partial charge < -0.3 is 19.8 Å². The summed E-state index contributed by atoms with van der Waals surface area (Å²) in [4.78, 5) is 25.5. The number of hydrogen-bond acceptors (Lipinski definition) is 4. The number of hydrogen-bond donors (Lipinski definition) is 2. The smallest absolute Gasteiger partial charge is 0.410 e. The van der Waals surface area contributed by atoms with Gasteiger partial charge in [0.05, 0.1) is 12.6 Å². The van der Waals surface area contributed by atoms with Crippen molar-refractivity contribution in [2.75, 3.05) is 26.2 Å². The highest BCUT2D eigenvalue weighted by molar-refractivity contribution is 5.70. The van der Waals surface area contributed by atoms with E-state index < -0.39 is 18.2 Å². The Balaban J connectivity index is 1.91. The Labute approximate surface area is 122 Å². The molecule has 7 nitrogen and oxygen atoms in total. The third kappa shape index (κ3) is 3.85. The van der Waals surface area contributed by atoms with Crippen LogP contribution in [0.15, 0.2) is 30.3 Å². The molecule has 1 saturated heterocycles. The number of amides is 2. The van der Waals surface area contributed by atoms with E-state index in [0.717, 1.165) is 5.56 Å². The third-order valence-corrected chi connectivity index (χ3v) is 3.40. The Hall–Kier alpha value is -2.28. The van der Waals surface area contributed by atoms with Gasteiger partial charge in [0.15, 0.2) is 0 Å². The van der Waals surface area contributed by atoms with Crippen molar-refractivity contribution in [2.45, 2.75) is 12.6 Å². The molecule has 21 heavy (non-hydrogen) atoms. The molecule has 1 aromatic carbocycles. The van der Waals surface area contributed by atoms with Crippen molar-refractivity contribution >= 4 is 12.2 Å². The minimum absolute atomic E-state index is 0.0896. The first kappa shape index (κ1) is 15.1. The van der Waals surface area contributed by atoms with Crippen molar-refractivity contribution in [3.05, 3.63) is 35.9 Å². The van der Waals surface area contributed by atoms with E-state index in [4.69, 9.17) is 9.84 Å². The molecule has 0 radical (unpaired) electrons. The SMILES string of the molecule is O=C(O)N1CCN(C(=O)OCc2ccccc2)[C@H](CO)C1. The summed E-state index contributed by atoms with van der Waals surface area (Å²) in [5.41, 5.74) is 0.871. The number of carbonyl (C=O) groups is 2. The van der Waals surface area contributed by atoms with E-state index in [1.165, 1.54) is 9.80 Å². The standard InChI is InChI=1S/C14H18N2O5/c17-9-12-8-15(13(18)19)6-7-16(12)14(20)21-10-11-4-2-1-3-5-11/h1-5,12,17H,6-10H2,(H,18,19)/t12-/m0/s1. The highest BCUT2D eigenvalue weighted by atomic mass is 16.6. The molecule has 1 atom stereocenters. The summed E-state index contributed by atoms with van der Waals surface area (Å²) in [5.74, 6) is 0. The summed E-state index contributed by atoms with van der Waals surface area (Å²) >= 11 is 0. The Morgan fingerprint density at radius 2 is 1.95 bits per heavy atom. The zero-order chi connectivity index (χ0) is 15.2. The molecule has 1 aliphatic heterocycles. The zero-order valence-corrected chi connectivity index (χ0v) is 11.5. The fourth-order valence-electron chi connectivity index (χ4n) is 2.23. The van der Waals surface area contributed by atoms with Gasteiger partial charge >= 0.3 is 12.2 Å². The molecule has 0 aliphatic carbocycles. The molecular formula is C14H18N2O5. The number of piperazine rings is 1. The van der Waals surface area contributed by atoms with Crippen molar-refractivity contribution in [1.29, 1.82) is 0 Å². The van der Waals surface area contributed by atoms with Gasteiger partial charge in [-0.2, -0.15) is 0 Å². The molecule has 0 bridgehead atoms. The lowest BCUT2D eigenvalue weighted by molar-refractivity contribution is 0.0251. The maximum Gasteiger partial charge on any atom is 0.410 e. The first-order valence-corrected chi connectivity index (χ1v) is 6.68. The summed E-state index contributed by atoms with van der Waals surface area (Å²) in [5, 5.41) is 18.3. The topological polar surface area (TPSA) is 90.3 Å². The molecule has 0 spiro atoms. The molecule has 2 N–H and O–H groups in total. The quantitative estimate of drug-likeness (QED) is 0.867. The third-order valence-electron chi connectivity index (χ3n) is 3.40. The first-order chi connectivity index (χ1) is 10.1. The molecule has 1 fully saturated rings. The fraction of sp³-hybridized carbons (Fsp3) is 0.429. The maximum atomic E-state index is 12.0. The van der Waals surface area contributed by atoms with Gasteiger partial charge in [0, 0.05) is 19.6 Å². The average Bonchev–Trinajstić information content (AvgIpc) is 2.52. The monoisotopic (exact) mass is 294 g/mol. The number of carbonyl (C=O) groups excluding carboxylic acids is 1. The lowest BCUT2D eigenvalue weighted by Gasteiger charge is -2.38. The minimum Gasteiger partial charge on any atom is -0.465 e. The van der Waals surface area contributed by atoms with Crippen molar-refractivity contribution in [3.8, 4) is 0 Å². The number of ether oxygens (including phenoxy) is 1. The fourth-order valence-corrected chi connectivity index (χ4v) is 2.23. The predicted molar refractivity (Wildman–Crippen MR) is 73.8 cm³/mol. The van der Waals surface area contributed by atoms with Gasteiger partial charge in [0.1, 0.15) is 6.61 Å². The summed E-state index contributed by atoms with van der Waals surface area (Å²) in [6.45, 7) is 0.366. The number of aliphatic hydroxyl groups excluding tert-OH is 1. The van der Waals surface area contributed by atoms with Gasteiger partial charge in [0.25, 0.3) is 0 Å². The van der Waals surface area contributed by atoms with Crippen molar-refractivity contribution < 1.29 is 24.5 Å². The van der Waals surface area contributed by atoms with Gasteiger partial charge in [0.2, 0.25) is 0 Å². The van der Waals surface area contributed by atoms with Crippen LogP contribution < -0.4 is 0 Å². The van der Waals surface area contributed by atoms with Crippen LogP contribution in [-0.2, 0) is 11.3 Å². The predicted octanol–water partition coefficient (Wildman–Crippen LogP) is 0.980. The van der Waals surface area contributed by atoms with Crippen LogP contribution in [0.3, 0.4) is 0 Å². The molecular weight excluding hydrogens is 276 g/mol. The van der Waals surface area contributed by atoms with Crippen LogP contribution in [0, 0.1) is 0 Å². The van der Waals surface area contributed by atoms with Crippen LogP contribution >= 0.6 is 0 Å². The lowest BCUT2D eigenvalue weighted by Crippen LogP contribution is -2.57. The summed E-state index contributed by atoms with van der Waals surface area (Å²) in [7, 11) is 0. The van der Waals surface area contributed by atoms with Gasteiger partial charge in [-0.05, 0) is 5.56 Å². The Kier molecular flexibility index (Phi) is 4.99. The van der Waals surface area contributed by atoms with E-state index in [9.17, 15) is 14.7 Å². The van der Waals surface area contributed by atoms with Crippen LogP contribution in [0.4, 0.5) is 9.59 Å². The summed E-state index contributed by atoms with van der Waals surface area (Å²) in [6.07, 6.45) is -1.59. The maximum absolute atomic E-state index is 12.0. The van der Waals surface area contributed by atoms with E-state index in [-0.39, 0.29) is 32.8 Å². The van der Waals surface area contributed by atoms with Crippen LogP contribution in [0.1, 0.15) is 5.56 Å². The number of rotatable bonds is 3. The second kappa shape index (κ2) is 6.94. The van der Waals surface area contributed by atoms with E-state index in [1.54, 1.807) is 0 Å². The molecule has 1 aliphatic rings. The largest absolute Gasteiger partial charge is 0.465 e. The Morgan fingerprint density at radius 3 is 2.57 bits per heavy atom. The number of carboxylic acid groups (broad SMARTS) is 1. The molecule has 7 heteroatoms. The molecule has 114 valence electrons. The number of aliphatic hydroxyl groups is 1. The van der Waals surface area contributed by atoms with E-state index in [2.05, 4.69) is 0 Å². The van der Waals surface area contributed by atoms with Crippen LogP contribution in [0.2, 0.25) is 0 Å². The minimum atomic E-state index is -1.05. The normalized spacial score (nSPS) is 18.4. The van der Waals surface area contributed by atoms with E-state index in [1.807, 2.05) is 30.3 Å².